The molecule has 0 fully saturated rings. The van der Waals surface area contributed by atoms with Crippen LogP contribution in [0.3, 0.4) is 0 Å². The maximum atomic E-state index is 12.1. The number of hydrogen-bond donors (Lipinski definition) is 3. The van der Waals surface area contributed by atoms with Gasteiger partial charge in [-0.05, 0) is 89.4 Å². The summed E-state index contributed by atoms with van der Waals surface area (Å²) in [5.74, 6) is 1.40. The fourth-order valence-electron chi connectivity index (χ4n) is 5.95. The number of ether oxygens (including phenoxy) is 4. The lowest BCUT2D eigenvalue weighted by Crippen LogP contribution is -2.44. The summed E-state index contributed by atoms with van der Waals surface area (Å²) in [6.45, 7) is 37.3. The van der Waals surface area contributed by atoms with Crippen molar-refractivity contribution < 1.29 is 38.7 Å². The van der Waals surface area contributed by atoms with Crippen molar-refractivity contribution in [3.8, 4) is 0 Å². The number of carbonyl (C=O) groups excluding carboxylic acids is 2. The van der Waals surface area contributed by atoms with Gasteiger partial charge in [-0.15, -0.1) is 5.10 Å². The number of nitrogens with zero attached hydrogens (tertiary/aromatic N) is 3. The third-order valence-corrected chi connectivity index (χ3v) is 10.8. The summed E-state index contributed by atoms with van der Waals surface area (Å²) in [4.78, 5) is 23.4. The predicted molar refractivity (Wildman–Crippen MR) is 221 cm³/mol. The van der Waals surface area contributed by atoms with E-state index < -0.39 is 11.2 Å². The second-order valence-corrected chi connectivity index (χ2v) is 19.2. The van der Waals surface area contributed by atoms with Crippen LogP contribution in [0.2, 0.25) is 0 Å². The van der Waals surface area contributed by atoms with E-state index in [0.717, 1.165) is 31.6 Å². The molecule has 324 valence electrons. The fraction of sp³-hybridized carbons (Fsp3) is 0.907. The normalized spacial score (nSPS) is 13.7. The van der Waals surface area contributed by atoms with Crippen LogP contribution in [-0.4, -0.2) is 99.9 Å². The molecule has 0 bridgehead atoms. The van der Waals surface area contributed by atoms with Gasteiger partial charge in [0, 0.05) is 45.1 Å². The average molecular weight is 785 g/mol. The molecule has 1 aromatic heterocycles. The van der Waals surface area contributed by atoms with Crippen LogP contribution in [0.1, 0.15) is 149 Å². The maximum absolute atomic E-state index is 12.1. The molecule has 0 saturated heterocycles. The van der Waals surface area contributed by atoms with Gasteiger partial charge in [-0.3, -0.25) is 9.59 Å². The van der Waals surface area contributed by atoms with Gasteiger partial charge in [-0.2, -0.15) is 0 Å². The van der Waals surface area contributed by atoms with Gasteiger partial charge in [-0.25, -0.2) is 4.68 Å². The van der Waals surface area contributed by atoms with Crippen molar-refractivity contribution in [2.45, 2.75) is 173 Å². The van der Waals surface area contributed by atoms with Gasteiger partial charge in [-0.1, -0.05) is 74.5 Å². The molecule has 3 N–H and O–H groups in total. The standard InChI is InChI=1S/C27H51N3O5.C16H33NO3/c1-21(2)11-14-33-25(5,6)12-15-32-19-23-18-30(29-28-23)13-16-34-27(9,10)20-35-26(7,8)17-24(31)22(3)4;1-12(2)13(11-19)16(5,6)15(3,4)8-9-17-14(20)7-10-18/h18,21-22H,11-17,19-20H2,1-10H3;12-13,18-19H,7-11H2,1-6H3,(H,17,20). The molecule has 1 rings (SSSR count). The van der Waals surface area contributed by atoms with Gasteiger partial charge in [0.25, 0.3) is 0 Å². The molecule has 0 aliphatic heterocycles. The number of ketones is 1. The number of aromatic nitrogens is 3. The van der Waals surface area contributed by atoms with Crippen LogP contribution < -0.4 is 5.32 Å². The zero-order chi connectivity index (χ0) is 42.7. The van der Waals surface area contributed by atoms with Crippen LogP contribution in [0.4, 0.5) is 0 Å². The Hall–Kier alpha value is -1.96. The van der Waals surface area contributed by atoms with Gasteiger partial charge in [0.05, 0.1) is 56.0 Å². The van der Waals surface area contributed by atoms with Gasteiger partial charge in [0.15, 0.2) is 0 Å². The van der Waals surface area contributed by atoms with E-state index in [-0.39, 0.29) is 59.6 Å². The van der Waals surface area contributed by atoms with Gasteiger partial charge >= 0.3 is 0 Å². The highest BCUT2D eigenvalue weighted by atomic mass is 16.6. The monoisotopic (exact) mass is 785 g/mol. The van der Waals surface area contributed by atoms with Crippen molar-refractivity contribution in [1.29, 1.82) is 0 Å². The topological polar surface area (TPSA) is 154 Å². The van der Waals surface area contributed by atoms with E-state index in [0.29, 0.717) is 57.8 Å². The Kier molecular flexibility index (Phi) is 23.8. The SMILES string of the molecule is CC(C)C(CO)C(C)(C)C(C)(C)CCNC(=O)CCO.CC(C)CCOC(C)(C)CCOCc1cn(CCOC(C)(C)COC(C)(C)CC(=O)C(C)C)nn1. The summed E-state index contributed by atoms with van der Waals surface area (Å²) in [6.07, 6.45) is 5.19. The van der Waals surface area contributed by atoms with E-state index in [1.54, 1.807) is 4.68 Å². The highest BCUT2D eigenvalue weighted by molar-refractivity contribution is 5.81. The van der Waals surface area contributed by atoms with E-state index in [4.69, 9.17) is 24.1 Å². The predicted octanol–water partition coefficient (Wildman–Crippen LogP) is 7.42. The molecule has 0 aliphatic rings. The van der Waals surface area contributed by atoms with Crippen LogP contribution in [0, 0.1) is 34.5 Å². The Labute approximate surface area is 335 Å². The molecule has 1 heterocycles. The minimum atomic E-state index is -0.516. The van der Waals surface area contributed by atoms with E-state index in [1.165, 1.54) is 0 Å². The maximum Gasteiger partial charge on any atom is 0.222 e. The molecule has 0 saturated carbocycles. The van der Waals surface area contributed by atoms with Crippen molar-refractivity contribution in [1.82, 2.24) is 20.3 Å². The molecule has 12 nitrogen and oxygen atoms in total. The molecular formula is C43H84N4O8. The van der Waals surface area contributed by atoms with E-state index >= 15 is 0 Å². The van der Waals surface area contributed by atoms with Gasteiger partial charge in [0.1, 0.15) is 11.5 Å². The Morgan fingerprint density at radius 2 is 1.44 bits per heavy atom. The Balaban J connectivity index is 0.00000124. The molecule has 1 aromatic rings. The summed E-state index contributed by atoms with van der Waals surface area (Å²) in [6, 6.07) is 0. The summed E-state index contributed by atoms with van der Waals surface area (Å²) in [5.41, 5.74) is -0.427. The second-order valence-electron chi connectivity index (χ2n) is 19.2. The quantitative estimate of drug-likeness (QED) is 0.0732. The lowest BCUT2D eigenvalue weighted by Gasteiger charge is -2.48. The molecular weight excluding hydrogens is 700 g/mol. The number of hydrogen-bond acceptors (Lipinski definition) is 10. The molecule has 1 unspecified atom stereocenters. The van der Waals surface area contributed by atoms with E-state index in [2.05, 4.69) is 84.9 Å². The highest BCUT2D eigenvalue weighted by Gasteiger charge is 2.43. The number of aliphatic hydroxyl groups excluding tert-OH is 2. The number of aliphatic hydroxyl groups is 2. The molecule has 12 heteroatoms. The van der Waals surface area contributed by atoms with Crippen molar-refractivity contribution in [3.05, 3.63) is 11.9 Å². The van der Waals surface area contributed by atoms with Crippen molar-refractivity contribution in [2.75, 3.05) is 46.2 Å². The van der Waals surface area contributed by atoms with Gasteiger partial charge in [0.2, 0.25) is 5.91 Å². The number of carbonyl (C=O) groups is 2. The molecule has 1 atom stereocenters. The number of amides is 1. The minimum absolute atomic E-state index is 0.00282. The number of nitrogens with one attached hydrogen (secondary N) is 1. The first-order valence-corrected chi connectivity index (χ1v) is 20.6. The lowest BCUT2D eigenvalue weighted by atomic mass is 9.57. The summed E-state index contributed by atoms with van der Waals surface area (Å²) < 4.78 is 25.6. The third-order valence-electron chi connectivity index (χ3n) is 10.8. The van der Waals surface area contributed by atoms with Crippen molar-refractivity contribution in [3.63, 3.8) is 0 Å². The van der Waals surface area contributed by atoms with Gasteiger partial charge < -0.3 is 34.5 Å². The first-order chi connectivity index (χ1) is 25.2. The molecule has 0 radical (unpaired) electrons. The average Bonchev–Trinajstić information content (AvgIpc) is 3.49. The first kappa shape index (κ1) is 53.0. The van der Waals surface area contributed by atoms with Crippen LogP contribution in [0.5, 0.6) is 0 Å². The second kappa shape index (κ2) is 24.7. The zero-order valence-corrected chi connectivity index (χ0v) is 38.0. The molecule has 0 aromatic carbocycles. The van der Waals surface area contributed by atoms with Crippen molar-refractivity contribution >= 4 is 11.7 Å². The minimum Gasteiger partial charge on any atom is -0.396 e. The van der Waals surface area contributed by atoms with Crippen LogP contribution in [0.25, 0.3) is 0 Å². The zero-order valence-electron chi connectivity index (χ0n) is 38.0. The van der Waals surface area contributed by atoms with E-state index in [9.17, 15) is 14.7 Å². The Bertz CT molecular complexity index is 1210. The number of Topliss-reactive ketones (excluding diaryl/α,β-unsaturated/α-hetero) is 1. The van der Waals surface area contributed by atoms with Crippen LogP contribution in [0.15, 0.2) is 6.20 Å². The molecule has 55 heavy (non-hydrogen) atoms. The van der Waals surface area contributed by atoms with Crippen LogP contribution in [-0.2, 0) is 41.7 Å². The van der Waals surface area contributed by atoms with Crippen LogP contribution >= 0.6 is 0 Å². The smallest absolute Gasteiger partial charge is 0.222 e. The first-order valence-electron chi connectivity index (χ1n) is 20.6. The summed E-state index contributed by atoms with van der Waals surface area (Å²) in [5, 5.41) is 29.6. The third kappa shape index (κ3) is 22.5. The van der Waals surface area contributed by atoms with E-state index in [1.807, 2.05) is 47.7 Å². The van der Waals surface area contributed by atoms with Crippen molar-refractivity contribution in [2.24, 2.45) is 34.5 Å². The highest BCUT2D eigenvalue weighted by Crippen LogP contribution is 2.48. The lowest BCUT2D eigenvalue weighted by molar-refractivity contribution is -0.140. The molecule has 1 amide bonds. The number of rotatable bonds is 28. The Morgan fingerprint density at radius 3 is 1.98 bits per heavy atom. The summed E-state index contributed by atoms with van der Waals surface area (Å²) in [7, 11) is 0. The largest absolute Gasteiger partial charge is 0.396 e. The summed E-state index contributed by atoms with van der Waals surface area (Å²) >= 11 is 0. The molecule has 0 spiro atoms. The fourth-order valence-corrected chi connectivity index (χ4v) is 5.95. The Morgan fingerprint density at radius 1 is 0.818 bits per heavy atom. The molecule has 0 aliphatic carbocycles.